The van der Waals surface area contributed by atoms with E-state index >= 15 is 0 Å². The van der Waals surface area contributed by atoms with Gasteiger partial charge in [-0.3, -0.25) is 0 Å². The molecule has 1 aliphatic heterocycles. The van der Waals surface area contributed by atoms with Gasteiger partial charge in [0.05, 0.1) is 18.0 Å². The van der Waals surface area contributed by atoms with Crippen molar-refractivity contribution in [3.63, 3.8) is 0 Å². The number of aliphatic hydroxyl groups excluding tert-OH is 1. The summed E-state index contributed by atoms with van der Waals surface area (Å²) in [6.07, 6.45) is 4.02. The second kappa shape index (κ2) is 6.94. The molecule has 3 N–H and O–H groups in total. The zero-order chi connectivity index (χ0) is 19.0. The van der Waals surface area contributed by atoms with Crippen LogP contribution in [0.5, 0.6) is 0 Å². The van der Waals surface area contributed by atoms with Crippen LogP contribution in [0.25, 0.3) is 22.2 Å². The molecule has 6 nitrogen and oxygen atoms in total. The molecule has 6 heteroatoms. The normalized spacial score (nSPS) is 16.8. The van der Waals surface area contributed by atoms with E-state index in [0.717, 1.165) is 59.6 Å². The van der Waals surface area contributed by atoms with Gasteiger partial charge in [0.15, 0.2) is 5.82 Å². The highest BCUT2D eigenvalue weighted by molar-refractivity contribution is 5.84. The summed E-state index contributed by atoms with van der Waals surface area (Å²) >= 11 is 0. The number of nitrogens with one attached hydrogen (secondary N) is 2. The van der Waals surface area contributed by atoms with Crippen LogP contribution in [0.15, 0.2) is 30.5 Å². The molecule has 0 radical (unpaired) electrons. The standard InChI is InChI=1S/C21H27N5O/c1-14-19(16-4-5-17-15(12-16)6-9-23-17)25-18(13-27)20(24-14)26-10-7-21(2,22-3)8-11-26/h4-6,9,12,22-23,27H,7-8,10-11,13H2,1-3H3. The Morgan fingerprint density at radius 1 is 1.22 bits per heavy atom. The summed E-state index contributed by atoms with van der Waals surface area (Å²) in [4.78, 5) is 15.1. The molecule has 0 aliphatic carbocycles. The van der Waals surface area contributed by atoms with Crippen LogP contribution in [-0.4, -0.2) is 45.7 Å². The van der Waals surface area contributed by atoms with E-state index in [2.05, 4.69) is 46.4 Å². The zero-order valence-corrected chi connectivity index (χ0v) is 16.2. The second-order valence-corrected chi connectivity index (χ2v) is 7.66. The van der Waals surface area contributed by atoms with Crippen LogP contribution in [0.1, 0.15) is 31.2 Å². The molecule has 1 saturated heterocycles. The third-order valence-corrected chi connectivity index (χ3v) is 5.87. The number of nitrogens with zero attached hydrogens (tertiary/aromatic N) is 3. The van der Waals surface area contributed by atoms with Gasteiger partial charge >= 0.3 is 0 Å². The highest BCUT2D eigenvalue weighted by atomic mass is 16.3. The summed E-state index contributed by atoms with van der Waals surface area (Å²) in [6, 6.07) is 8.27. The first-order valence-corrected chi connectivity index (χ1v) is 9.53. The molecule has 3 heterocycles. The number of hydrogen-bond donors (Lipinski definition) is 3. The van der Waals surface area contributed by atoms with Gasteiger partial charge in [-0.15, -0.1) is 0 Å². The minimum absolute atomic E-state index is 0.109. The Labute approximate surface area is 159 Å². The zero-order valence-electron chi connectivity index (χ0n) is 16.2. The van der Waals surface area contributed by atoms with Crippen LogP contribution >= 0.6 is 0 Å². The van der Waals surface area contributed by atoms with Gasteiger partial charge in [-0.05, 0) is 51.9 Å². The van der Waals surface area contributed by atoms with E-state index in [9.17, 15) is 5.11 Å². The maximum Gasteiger partial charge on any atom is 0.153 e. The van der Waals surface area contributed by atoms with Gasteiger partial charge in [-0.25, -0.2) is 9.97 Å². The first kappa shape index (κ1) is 17.9. The number of anilines is 1. The second-order valence-electron chi connectivity index (χ2n) is 7.66. The molecule has 0 unspecified atom stereocenters. The first-order chi connectivity index (χ1) is 13.0. The Bertz CT molecular complexity index is 956. The van der Waals surface area contributed by atoms with Crippen molar-refractivity contribution in [2.75, 3.05) is 25.0 Å². The van der Waals surface area contributed by atoms with E-state index in [0.29, 0.717) is 5.69 Å². The van der Waals surface area contributed by atoms with Crippen LogP contribution in [0.3, 0.4) is 0 Å². The number of aryl methyl sites for hydroxylation is 1. The van der Waals surface area contributed by atoms with Crippen LogP contribution in [0.4, 0.5) is 5.82 Å². The minimum atomic E-state index is -0.109. The molecular weight excluding hydrogens is 338 g/mol. The van der Waals surface area contributed by atoms with Crippen molar-refractivity contribution in [3.05, 3.63) is 41.9 Å². The Hall–Kier alpha value is -2.44. The molecule has 142 valence electrons. The summed E-state index contributed by atoms with van der Waals surface area (Å²) in [5.74, 6) is 0.819. The lowest BCUT2D eigenvalue weighted by atomic mass is 9.90. The Balaban J connectivity index is 1.68. The van der Waals surface area contributed by atoms with Gasteiger partial charge in [0, 0.05) is 41.3 Å². The van der Waals surface area contributed by atoms with Crippen molar-refractivity contribution in [3.8, 4) is 11.3 Å². The fraction of sp³-hybridized carbons (Fsp3) is 0.429. The van der Waals surface area contributed by atoms with Crippen molar-refractivity contribution in [1.82, 2.24) is 20.3 Å². The largest absolute Gasteiger partial charge is 0.390 e. The molecule has 2 aromatic heterocycles. The van der Waals surface area contributed by atoms with Gasteiger partial charge in [-0.1, -0.05) is 6.07 Å². The first-order valence-electron chi connectivity index (χ1n) is 9.53. The molecule has 0 spiro atoms. The van der Waals surface area contributed by atoms with Crippen LogP contribution in [0.2, 0.25) is 0 Å². The summed E-state index contributed by atoms with van der Waals surface area (Å²) in [5, 5.41) is 14.5. The molecule has 1 aliphatic rings. The number of benzene rings is 1. The van der Waals surface area contributed by atoms with Crippen LogP contribution in [-0.2, 0) is 6.61 Å². The molecule has 0 amide bonds. The molecule has 3 aromatic rings. The number of hydrogen-bond acceptors (Lipinski definition) is 5. The monoisotopic (exact) mass is 365 g/mol. The van der Waals surface area contributed by atoms with Crippen LogP contribution in [0, 0.1) is 6.92 Å². The number of H-pyrrole nitrogens is 1. The fourth-order valence-electron chi connectivity index (χ4n) is 3.84. The molecule has 27 heavy (non-hydrogen) atoms. The topological polar surface area (TPSA) is 77.1 Å². The number of piperidine rings is 1. The Morgan fingerprint density at radius 2 is 2.00 bits per heavy atom. The molecule has 0 saturated carbocycles. The van der Waals surface area contributed by atoms with E-state index in [1.54, 1.807) is 0 Å². The summed E-state index contributed by atoms with van der Waals surface area (Å²) in [6.45, 7) is 5.96. The Morgan fingerprint density at radius 3 is 2.70 bits per heavy atom. The number of aromatic amines is 1. The predicted octanol–water partition coefficient (Wildman–Crippen LogP) is 3.00. The maximum atomic E-state index is 9.95. The third-order valence-electron chi connectivity index (χ3n) is 5.87. The van der Waals surface area contributed by atoms with E-state index in [4.69, 9.17) is 9.97 Å². The average Bonchev–Trinajstić information content (AvgIpc) is 3.16. The minimum Gasteiger partial charge on any atom is -0.390 e. The third kappa shape index (κ3) is 3.31. The lowest BCUT2D eigenvalue weighted by Gasteiger charge is -2.40. The highest BCUT2D eigenvalue weighted by Gasteiger charge is 2.30. The van der Waals surface area contributed by atoms with E-state index in [-0.39, 0.29) is 12.1 Å². The highest BCUT2D eigenvalue weighted by Crippen LogP contribution is 2.30. The van der Waals surface area contributed by atoms with Gasteiger partial charge in [0.25, 0.3) is 0 Å². The number of aliphatic hydroxyl groups is 1. The smallest absolute Gasteiger partial charge is 0.153 e. The van der Waals surface area contributed by atoms with E-state index in [1.807, 2.05) is 20.2 Å². The SMILES string of the molecule is CNC1(C)CCN(c2nc(C)c(-c3ccc4[nH]ccc4c3)nc2CO)CC1. The van der Waals surface area contributed by atoms with Gasteiger partial charge in [0.1, 0.15) is 5.69 Å². The van der Waals surface area contributed by atoms with E-state index in [1.165, 1.54) is 0 Å². The van der Waals surface area contributed by atoms with Crippen molar-refractivity contribution in [2.45, 2.75) is 38.8 Å². The van der Waals surface area contributed by atoms with Crippen molar-refractivity contribution in [1.29, 1.82) is 0 Å². The lowest BCUT2D eigenvalue weighted by Crippen LogP contribution is -2.50. The van der Waals surface area contributed by atoms with Crippen molar-refractivity contribution in [2.24, 2.45) is 0 Å². The summed E-state index contributed by atoms with van der Waals surface area (Å²) in [5.41, 5.74) is 4.67. The molecule has 0 atom stereocenters. The predicted molar refractivity (Wildman–Crippen MR) is 109 cm³/mol. The van der Waals surface area contributed by atoms with Gasteiger partial charge in [-0.2, -0.15) is 0 Å². The Kier molecular flexibility index (Phi) is 4.61. The summed E-state index contributed by atoms with van der Waals surface area (Å²) in [7, 11) is 2.02. The van der Waals surface area contributed by atoms with Gasteiger partial charge < -0.3 is 20.3 Å². The van der Waals surface area contributed by atoms with E-state index < -0.39 is 0 Å². The lowest BCUT2D eigenvalue weighted by molar-refractivity contribution is 0.274. The maximum absolute atomic E-state index is 9.95. The number of fused-ring (bicyclic) bond motifs is 1. The van der Waals surface area contributed by atoms with Crippen LogP contribution < -0.4 is 10.2 Å². The van der Waals surface area contributed by atoms with Gasteiger partial charge in [0.2, 0.25) is 0 Å². The quantitative estimate of drug-likeness (QED) is 0.663. The number of aromatic nitrogens is 3. The average molecular weight is 365 g/mol. The number of rotatable bonds is 4. The molecule has 0 bridgehead atoms. The molecule has 1 fully saturated rings. The fourth-order valence-corrected chi connectivity index (χ4v) is 3.84. The molecule has 4 rings (SSSR count). The van der Waals surface area contributed by atoms with Crippen molar-refractivity contribution >= 4 is 16.7 Å². The van der Waals surface area contributed by atoms with Crippen molar-refractivity contribution < 1.29 is 5.11 Å². The molecular formula is C21H27N5O. The summed E-state index contributed by atoms with van der Waals surface area (Å²) < 4.78 is 0. The molecule has 1 aromatic carbocycles.